The van der Waals surface area contributed by atoms with Crippen molar-refractivity contribution in [3.8, 4) is 5.88 Å². The maximum absolute atomic E-state index is 10.7. The van der Waals surface area contributed by atoms with E-state index >= 15 is 0 Å². The second-order valence-corrected chi connectivity index (χ2v) is 4.40. The summed E-state index contributed by atoms with van der Waals surface area (Å²) in [6, 6.07) is 1.68. The molecule has 0 saturated heterocycles. The van der Waals surface area contributed by atoms with E-state index in [-0.39, 0.29) is 5.69 Å². The van der Waals surface area contributed by atoms with E-state index in [4.69, 9.17) is 9.84 Å². The summed E-state index contributed by atoms with van der Waals surface area (Å²) in [5.41, 5.74) is 0.0551. The van der Waals surface area contributed by atoms with Gasteiger partial charge >= 0.3 is 5.97 Å². The van der Waals surface area contributed by atoms with Gasteiger partial charge in [0, 0.05) is 11.4 Å². The normalized spacial score (nSPS) is 10.2. The molecule has 0 aliphatic carbocycles. The van der Waals surface area contributed by atoms with Crippen molar-refractivity contribution in [2.45, 2.75) is 13.5 Å². The first-order valence-electron chi connectivity index (χ1n) is 5.55. The zero-order valence-corrected chi connectivity index (χ0v) is 11.0. The molecule has 7 nitrogen and oxygen atoms in total. The van der Waals surface area contributed by atoms with Crippen molar-refractivity contribution in [1.29, 1.82) is 0 Å². The molecular formula is C11H12N4O3S. The summed E-state index contributed by atoms with van der Waals surface area (Å²) >= 11 is 1.28. The summed E-state index contributed by atoms with van der Waals surface area (Å²) < 4.78 is 5.25. The van der Waals surface area contributed by atoms with Crippen molar-refractivity contribution >= 4 is 23.1 Å². The van der Waals surface area contributed by atoms with E-state index in [1.165, 1.54) is 23.0 Å². The number of anilines is 1. The Bertz CT molecular complexity index is 573. The molecule has 0 radical (unpaired) electrons. The third-order valence-corrected chi connectivity index (χ3v) is 2.97. The van der Waals surface area contributed by atoms with Crippen LogP contribution in [-0.4, -0.2) is 32.6 Å². The first-order valence-corrected chi connectivity index (χ1v) is 6.43. The highest BCUT2D eigenvalue weighted by molar-refractivity contribution is 7.09. The fourth-order valence-electron chi connectivity index (χ4n) is 1.32. The van der Waals surface area contributed by atoms with Gasteiger partial charge in [0.1, 0.15) is 17.2 Å². The van der Waals surface area contributed by atoms with E-state index in [1.54, 1.807) is 6.07 Å². The van der Waals surface area contributed by atoms with Gasteiger partial charge < -0.3 is 15.2 Å². The van der Waals surface area contributed by atoms with E-state index in [0.717, 1.165) is 0 Å². The minimum absolute atomic E-state index is 0.0551. The summed E-state index contributed by atoms with van der Waals surface area (Å²) in [7, 11) is 0. The number of ether oxygens (including phenoxy) is 1. The van der Waals surface area contributed by atoms with Gasteiger partial charge in [-0.25, -0.2) is 19.7 Å². The number of thiazole rings is 1. The molecule has 0 atom stereocenters. The highest BCUT2D eigenvalue weighted by atomic mass is 32.1. The average Bonchev–Trinajstić information content (AvgIpc) is 2.86. The largest absolute Gasteiger partial charge is 0.478 e. The maximum atomic E-state index is 10.7. The van der Waals surface area contributed by atoms with Crippen LogP contribution in [0.1, 0.15) is 22.4 Å². The molecule has 0 fully saturated rings. The molecule has 0 spiro atoms. The molecule has 2 aromatic heterocycles. The predicted octanol–water partition coefficient (Wildman–Crippen LogP) is 1.64. The number of aromatic carboxylic acids is 1. The Morgan fingerprint density at radius 1 is 1.53 bits per heavy atom. The molecule has 2 heterocycles. The number of rotatable bonds is 6. The molecule has 0 aliphatic rings. The number of hydrogen-bond acceptors (Lipinski definition) is 7. The van der Waals surface area contributed by atoms with Gasteiger partial charge in [0.25, 0.3) is 0 Å². The number of carboxylic acid groups (broad SMARTS) is 1. The van der Waals surface area contributed by atoms with Gasteiger partial charge in [-0.1, -0.05) is 0 Å². The number of hydrogen-bond donors (Lipinski definition) is 2. The summed E-state index contributed by atoms with van der Waals surface area (Å²) in [5, 5.41) is 14.0. The van der Waals surface area contributed by atoms with Crippen molar-refractivity contribution in [3.63, 3.8) is 0 Å². The van der Waals surface area contributed by atoms with Crippen LogP contribution in [0.25, 0.3) is 0 Å². The predicted molar refractivity (Wildman–Crippen MR) is 69.6 cm³/mol. The number of carboxylic acids is 1. The van der Waals surface area contributed by atoms with Crippen molar-refractivity contribution in [1.82, 2.24) is 15.0 Å². The Labute approximate surface area is 113 Å². The molecule has 0 saturated carbocycles. The molecule has 2 rings (SSSR count). The van der Waals surface area contributed by atoms with Crippen LogP contribution >= 0.6 is 11.3 Å². The van der Waals surface area contributed by atoms with Crippen molar-refractivity contribution in [3.05, 3.63) is 28.5 Å². The zero-order chi connectivity index (χ0) is 13.7. The van der Waals surface area contributed by atoms with Gasteiger partial charge in [-0.05, 0) is 6.92 Å². The van der Waals surface area contributed by atoms with E-state index in [1.807, 2.05) is 6.92 Å². The Morgan fingerprint density at radius 2 is 2.37 bits per heavy atom. The van der Waals surface area contributed by atoms with Gasteiger partial charge in [0.2, 0.25) is 5.88 Å². The minimum atomic E-state index is -1.02. The monoisotopic (exact) mass is 280 g/mol. The quantitative estimate of drug-likeness (QED) is 0.830. The van der Waals surface area contributed by atoms with Crippen molar-refractivity contribution < 1.29 is 14.6 Å². The van der Waals surface area contributed by atoms with Crippen LogP contribution in [0.2, 0.25) is 0 Å². The van der Waals surface area contributed by atoms with E-state index in [0.29, 0.717) is 29.9 Å². The highest BCUT2D eigenvalue weighted by Gasteiger charge is 2.08. The molecule has 2 aromatic rings. The second-order valence-electron chi connectivity index (χ2n) is 3.46. The summed E-state index contributed by atoms with van der Waals surface area (Å²) in [5.74, 6) is 0.0686. The summed E-state index contributed by atoms with van der Waals surface area (Å²) in [6.45, 7) is 2.81. The fourth-order valence-corrected chi connectivity index (χ4v) is 2.03. The number of nitrogens with zero attached hydrogens (tertiary/aromatic N) is 3. The van der Waals surface area contributed by atoms with Crippen LogP contribution < -0.4 is 10.1 Å². The fraction of sp³-hybridized carbons (Fsp3) is 0.273. The average molecular weight is 280 g/mol. The van der Waals surface area contributed by atoms with Crippen molar-refractivity contribution in [2.24, 2.45) is 0 Å². The molecule has 100 valence electrons. The lowest BCUT2D eigenvalue weighted by Crippen LogP contribution is -2.04. The minimum Gasteiger partial charge on any atom is -0.478 e. The third kappa shape index (κ3) is 3.62. The van der Waals surface area contributed by atoms with Gasteiger partial charge in [0.15, 0.2) is 5.69 Å². The lowest BCUT2D eigenvalue weighted by atomic mass is 10.5. The third-order valence-electron chi connectivity index (χ3n) is 2.13. The van der Waals surface area contributed by atoms with E-state index < -0.39 is 5.97 Å². The van der Waals surface area contributed by atoms with Crippen molar-refractivity contribution in [2.75, 3.05) is 11.9 Å². The van der Waals surface area contributed by atoms with Gasteiger partial charge in [-0.15, -0.1) is 11.3 Å². The number of nitrogens with one attached hydrogen (secondary N) is 1. The van der Waals surface area contributed by atoms with E-state index in [2.05, 4.69) is 20.3 Å². The Hall–Kier alpha value is -2.22. The molecule has 0 aliphatic heterocycles. The van der Waals surface area contributed by atoms with Crippen LogP contribution in [0, 0.1) is 0 Å². The highest BCUT2D eigenvalue weighted by Crippen LogP contribution is 2.14. The summed E-state index contributed by atoms with van der Waals surface area (Å²) in [4.78, 5) is 22.6. The topological polar surface area (TPSA) is 97.2 Å². The Morgan fingerprint density at radius 3 is 3.05 bits per heavy atom. The molecule has 0 amide bonds. The van der Waals surface area contributed by atoms with Gasteiger partial charge in [-0.3, -0.25) is 0 Å². The van der Waals surface area contributed by atoms with Crippen LogP contribution in [0.3, 0.4) is 0 Å². The maximum Gasteiger partial charge on any atom is 0.355 e. The lowest BCUT2D eigenvalue weighted by molar-refractivity contribution is 0.0691. The molecule has 8 heteroatoms. The van der Waals surface area contributed by atoms with Gasteiger partial charge in [-0.2, -0.15) is 0 Å². The Kier molecular flexibility index (Phi) is 4.24. The lowest BCUT2D eigenvalue weighted by Gasteiger charge is -2.05. The Balaban J connectivity index is 1.97. The zero-order valence-electron chi connectivity index (χ0n) is 10.2. The van der Waals surface area contributed by atoms with Crippen LogP contribution in [-0.2, 0) is 6.54 Å². The number of aromatic nitrogens is 3. The van der Waals surface area contributed by atoms with Crippen LogP contribution in [0.15, 0.2) is 17.8 Å². The molecule has 0 aromatic carbocycles. The molecular weight excluding hydrogens is 268 g/mol. The van der Waals surface area contributed by atoms with Gasteiger partial charge in [0.05, 0.1) is 13.2 Å². The first kappa shape index (κ1) is 13.2. The summed E-state index contributed by atoms with van der Waals surface area (Å²) in [6.07, 6.45) is 1.40. The number of carbonyl (C=O) groups is 1. The molecule has 0 bridgehead atoms. The second kappa shape index (κ2) is 6.10. The molecule has 2 N–H and O–H groups in total. The van der Waals surface area contributed by atoms with Crippen LogP contribution in [0.4, 0.5) is 5.82 Å². The van der Waals surface area contributed by atoms with E-state index in [9.17, 15) is 4.79 Å². The SMILES string of the molecule is CCOc1cc(NCc2nc(C(=O)O)cs2)ncn1. The smallest absolute Gasteiger partial charge is 0.355 e. The first-order chi connectivity index (χ1) is 9.19. The van der Waals surface area contributed by atoms with Crippen LogP contribution in [0.5, 0.6) is 5.88 Å². The molecule has 19 heavy (non-hydrogen) atoms. The standard InChI is InChI=1S/C11H12N4O3S/c1-2-18-9-3-8(13-6-14-9)12-4-10-15-7(5-19-10)11(16)17/h3,5-6H,2,4H2,1H3,(H,16,17)(H,12,13,14). The molecule has 0 unspecified atom stereocenters.